The van der Waals surface area contributed by atoms with Crippen LogP contribution in [-0.4, -0.2) is 15.2 Å². The van der Waals surface area contributed by atoms with Gasteiger partial charge in [-0.25, -0.2) is 0 Å². The fraction of sp³-hybridized carbons (Fsp3) is 0.0625. The lowest BCUT2D eigenvalue weighted by molar-refractivity contribution is 0.982. The Hall–Kier alpha value is -2.37. The van der Waals surface area contributed by atoms with Gasteiger partial charge in [0.2, 0.25) is 5.95 Å². The number of aryl methyl sites for hydroxylation is 1. The van der Waals surface area contributed by atoms with Crippen molar-refractivity contribution in [3.63, 3.8) is 0 Å². The summed E-state index contributed by atoms with van der Waals surface area (Å²) >= 11 is 12.0. The van der Waals surface area contributed by atoms with Crippen molar-refractivity contribution >= 4 is 46.3 Å². The molecule has 0 bridgehead atoms. The van der Waals surface area contributed by atoms with Gasteiger partial charge in [-0.15, -0.1) is 5.10 Å². The first-order chi connectivity index (χ1) is 11.1. The molecule has 0 aliphatic rings. The molecule has 0 radical (unpaired) electrons. The van der Waals surface area contributed by atoms with Gasteiger partial charge in [0.1, 0.15) is 0 Å². The SMILES string of the molecule is Cc1ccc(Cl)cc1Nc1nncc(Nc2cccc(Cl)c2)n1. The Labute approximate surface area is 143 Å². The molecule has 23 heavy (non-hydrogen) atoms. The van der Waals surface area contributed by atoms with Crippen molar-refractivity contribution < 1.29 is 0 Å². The average molecular weight is 346 g/mol. The summed E-state index contributed by atoms with van der Waals surface area (Å²) in [6, 6.07) is 12.9. The average Bonchev–Trinajstić information content (AvgIpc) is 2.51. The van der Waals surface area contributed by atoms with Gasteiger partial charge in [-0.05, 0) is 42.8 Å². The second kappa shape index (κ2) is 6.81. The van der Waals surface area contributed by atoms with Crippen molar-refractivity contribution in [3.8, 4) is 0 Å². The highest BCUT2D eigenvalue weighted by Gasteiger charge is 2.05. The first kappa shape index (κ1) is 15.5. The molecule has 5 nitrogen and oxygen atoms in total. The standard InChI is InChI=1S/C16H13Cl2N5/c1-10-5-6-12(18)8-14(10)21-16-22-15(9-19-23-16)20-13-4-2-3-11(17)7-13/h2-9H,1H3,(H2,20,21,22,23). The second-order valence-electron chi connectivity index (χ2n) is 4.88. The Morgan fingerprint density at radius 2 is 1.78 bits per heavy atom. The molecule has 0 amide bonds. The Kier molecular flexibility index (Phi) is 4.60. The van der Waals surface area contributed by atoms with Gasteiger partial charge in [0.05, 0.1) is 6.20 Å². The van der Waals surface area contributed by atoms with Gasteiger partial charge in [0.15, 0.2) is 5.82 Å². The molecule has 116 valence electrons. The minimum absolute atomic E-state index is 0.377. The van der Waals surface area contributed by atoms with Crippen LogP contribution in [0.25, 0.3) is 0 Å². The summed E-state index contributed by atoms with van der Waals surface area (Å²) in [7, 11) is 0. The van der Waals surface area contributed by atoms with Crippen LogP contribution >= 0.6 is 23.2 Å². The highest BCUT2D eigenvalue weighted by molar-refractivity contribution is 6.31. The first-order valence-electron chi connectivity index (χ1n) is 6.86. The number of nitrogens with one attached hydrogen (secondary N) is 2. The summed E-state index contributed by atoms with van der Waals surface area (Å²) in [6.07, 6.45) is 1.54. The molecular weight excluding hydrogens is 333 g/mol. The molecule has 0 saturated carbocycles. The van der Waals surface area contributed by atoms with E-state index in [-0.39, 0.29) is 0 Å². The molecule has 1 aromatic heterocycles. The number of hydrogen-bond acceptors (Lipinski definition) is 5. The third-order valence-electron chi connectivity index (χ3n) is 3.10. The molecular formula is C16H13Cl2N5. The van der Waals surface area contributed by atoms with E-state index in [2.05, 4.69) is 25.8 Å². The Morgan fingerprint density at radius 3 is 2.61 bits per heavy atom. The van der Waals surface area contributed by atoms with Crippen LogP contribution in [-0.2, 0) is 0 Å². The van der Waals surface area contributed by atoms with Crippen LogP contribution in [0.1, 0.15) is 5.56 Å². The third-order valence-corrected chi connectivity index (χ3v) is 3.57. The van der Waals surface area contributed by atoms with E-state index in [1.807, 2.05) is 37.3 Å². The van der Waals surface area contributed by atoms with E-state index < -0.39 is 0 Å². The molecule has 3 rings (SSSR count). The van der Waals surface area contributed by atoms with Crippen molar-refractivity contribution in [1.29, 1.82) is 0 Å². The number of nitrogens with zero attached hydrogens (tertiary/aromatic N) is 3. The summed E-state index contributed by atoms with van der Waals surface area (Å²) < 4.78 is 0. The van der Waals surface area contributed by atoms with Crippen LogP contribution in [0, 0.1) is 6.92 Å². The molecule has 2 N–H and O–H groups in total. The molecule has 0 aliphatic carbocycles. The van der Waals surface area contributed by atoms with Crippen LogP contribution in [0.3, 0.4) is 0 Å². The van der Waals surface area contributed by atoms with Crippen LogP contribution < -0.4 is 10.6 Å². The monoisotopic (exact) mass is 345 g/mol. The number of benzene rings is 2. The van der Waals surface area contributed by atoms with Crippen molar-refractivity contribution in [2.45, 2.75) is 6.92 Å². The topological polar surface area (TPSA) is 62.7 Å². The van der Waals surface area contributed by atoms with Crippen molar-refractivity contribution in [1.82, 2.24) is 15.2 Å². The highest BCUT2D eigenvalue weighted by atomic mass is 35.5. The first-order valence-corrected chi connectivity index (χ1v) is 7.61. The smallest absolute Gasteiger partial charge is 0.249 e. The number of rotatable bonds is 4. The third kappa shape index (κ3) is 4.09. The quantitative estimate of drug-likeness (QED) is 0.698. The van der Waals surface area contributed by atoms with Gasteiger partial charge in [-0.1, -0.05) is 35.3 Å². The molecule has 0 saturated heterocycles. The van der Waals surface area contributed by atoms with Gasteiger partial charge >= 0.3 is 0 Å². The number of anilines is 4. The molecule has 7 heteroatoms. The lowest BCUT2D eigenvalue weighted by Gasteiger charge is -2.10. The predicted octanol–water partition coefficient (Wildman–Crippen LogP) is 4.97. The van der Waals surface area contributed by atoms with E-state index in [0.29, 0.717) is 21.8 Å². The van der Waals surface area contributed by atoms with Crippen molar-refractivity contribution in [2.75, 3.05) is 10.6 Å². The molecule has 2 aromatic carbocycles. The maximum Gasteiger partial charge on any atom is 0.249 e. The summed E-state index contributed by atoms with van der Waals surface area (Å²) in [5.74, 6) is 0.937. The Balaban J connectivity index is 1.81. The largest absolute Gasteiger partial charge is 0.339 e. The number of hydrogen-bond donors (Lipinski definition) is 2. The molecule has 0 atom stereocenters. The highest BCUT2D eigenvalue weighted by Crippen LogP contribution is 2.23. The van der Waals surface area contributed by atoms with E-state index in [4.69, 9.17) is 23.2 Å². The lowest BCUT2D eigenvalue weighted by atomic mass is 10.2. The zero-order valence-electron chi connectivity index (χ0n) is 12.2. The normalized spacial score (nSPS) is 10.4. The van der Waals surface area contributed by atoms with Crippen LogP contribution in [0.4, 0.5) is 23.1 Å². The van der Waals surface area contributed by atoms with E-state index in [1.54, 1.807) is 12.1 Å². The van der Waals surface area contributed by atoms with E-state index in [1.165, 1.54) is 6.20 Å². The number of aromatic nitrogens is 3. The van der Waals surface area contributed by atoms with Crippen molar-refractivity contribution in [2.24, 2.45) is 0 Å². The molecule has 0 aliphatic heterocycles. The van der Waals surface area contributed by atoms with Crippen LogP contribution in [0.15, 0.2) is 48.7 Å². The second-order valence-corrected chi connectivity index (χ2v) is 5.76. The molecule has 1 heterocycles. The Morgan fingerprint density at radius 1 is 0.957 bits per heavy atom. The van der Waals surface area contributed by atoms with E-state index in [0.717, 1.165) is 16.9 Å². The number of halogens is 2. The predicted molar refractivity (Wildman–Crippen MR) is 94.0 cm³/mol. The molecule has 0 unspecified atom stereocenters. The van der Waals surface area contributed by atoms with E-state index >= 15 is 0 Å². The fourth-order valence-corrected chi connectivity index (χ4v) is 2.34. The van der Waals surface area contributed by atoms with Gasteiger partial charge in [0.25, 0.3) is 0 Å². The minimum Gasteiger partial charge on any atom is -0.339 e. The van der Waals surface area contributed by atoms with Gasteiger partial charge in [-0.3, -0.25) is 0 Å². The molecule has 0 fully saturated rings. The van der Waals surface area contributed by atoms with Crippen LogP contribution in [0.2, 0.25) is 10.0 Å². The van der Waals surface area contributed by atoms with E-state index in [9.17, 15) is 0 Å². The maximum atomic E-state index is 6.02. The van der Waals surface area contributed by atoms with Crippen LogP contribution in [0.5, 0.6) is 0 Å². The van der Waals surface area contributed by atoms with Gasteiger partial charge in [0, 0.05) is 21.4 Å². The summed E-state index contributed by atoms with van der Waals surface area (Å²) in [5.41, 5.74) is 2.69. The fourth-order valence-electron chi connectivity index (χ4n) is 1.98. The minimum atomic E-state index is 0.377. The molecule has 3 aromatic rings. The lowest BCUT2D eigenvalue weighted by Crippen LogP contribution is -2.03. The van der Waals surface area contributed by atoms with Gasteiger partial charge < -0.3 is 10.6 Å². The summed E-state index contributed by atoms with van der Waals surface area (Å²) in [5, 5.41) is 15.5. The van der Waals surface area contributed by atoms with Crippen molar-refractivity contribution in [3.05, 3.63) is 64.3 Å². The molecule has 0 spiro atoms. The zero-order chi connectivity index (χ0) is 16.2. The zero-order valence-corrected chi connectivity index (χ0v) is 13.7. The van der Waals surface area contributed by atoms with Gasteiger partial charge in [-0.2, -0.15) is 10.1 Å². The summed E-state index contributed by atoms with van der Waals surface area (Å²) in [6.45, 7) is 1.97. The summed E-state index contributed by atoms with van der Waals surface area (Å²) in [4.78, 5) is 4.38. The Bertz CT molecular complexity index is 838. The maximum absolute atomic E-state index is 6.02.